The molecule has 0 spiro atoms. The number of rotatable bonds is 4. The predicted molar refractivity (Wildman–Crippen MR) is 75.6 cm³/mol. The summed E-state index contributed by atoms with van der Waals surface area (Å²) >= 11 is 8.30. The molecular formula is C9H16ClN3O3S2. The zero-order chi connectivity index (χ0) is 13.4. The third-order valence-electron chi connectivity index (χ3n) is 1.92. The summed E-state index contributed by atoms with van der Waals surface area (Å²) in [6.45, 7) is 4.83. The van der Waals surface area contributed by atoms with E-state index in [2.05, 4.69) is 5.16 Å². The highest BCUT2D eigenvalue weighted by atomic mass is 35.5. The molecule has 0 atom stereocenters. The number of amides is 1. The number of carbonyl (C=O) groups excluding carboxylic acids is 1. The Hall–Kier alpha value is -0.150. The highest BCUT2D eigenvalue weighted by Gasteiger charge is 2.18. The van der Waals surface area contributed by atoms with Crippen molar-refractivity contribution in [2.75, 3.05) is 39.1 Å². The molecule has 1 amide bonds. The van der Waals surface area contributed by atoms with Crippen molar-refractivity contribution in [1.82, 2.24) is 8.61 Å². The average molecular weight is 314 g/mol. The van der Waals surface area contributed by atoms with Crippen LogP contribution in [0.1, 0.15) is 6.92 Å². The number of hydrogen-bond acceptors (Lipinski definition) is 7. The first-order valence-electron chi connectivity index (χ1n) is 5.45. The van der Waals surface area contributed by atoms with Gasteiger partial charge in [0.05, 0.1) is 13.2 Å². The molecule has 0 bridgehead atoms. The first-order valence-corrected chi connectivity index (χ1v) is 7.54. The van der Waals surface area contributed by atoms with Crippen molar-refractivity contribution in [3.05, 3.63) is 0 Å². The summed E-state index contributed by atoms with van der Waals surface area (Å²) in [5.74, 6) is 0.776. The number of halogens is 1. The van der Waals surface area contributed by atoms with E-state index in [1.807, 2.05) is 11.2 Å². The molecule has 1 heterocycles. The average Bonchev–Trinajstić information content (AvgIpc) is 2.37. The first kappa shape index (κ1) is 15.9. The second-order valence-electron chi connectivity index (χ2n) is 3.25. The van der Waals surface area contributed by atoms with Crippen molar-refractivity contribution < 1.29 is 14.4 Å². The largest absolute Gasteiger partial charge is 0.446 e. The summed E-state index contributed by atoms with van der Waals surface area (Å²) in [4.78, 5) is 16.3. The summed E-state index contributed by atoms with van der Waals surface area (Å²) in [7, 11) is 1.62. The molecule has 9 heteroatoms. The second-order valence-corrected chi connectivity index (χ2v) is 6.32. The molecule has 0 N–H and O–H groups in total. The van der Waals surface area contributed by atoms with E-state index in [0.29, 0.717) is 13.2 Å². The Kier molecular flexibility index (Phi) is 7.84. The Labute approximate surface area is 120 Å². The maximum Gasteiger partial charge on any atom is 0.446 e. The first-order chi connectivity index (χ1) is 8.63. The molecule has 0 aliphatic carbocycles. The van der Waals surface area contributed by atoms with Gasteiger partial charge in [0.2, 0.25) is 4.50 Å². The van der Waals surface area contributed by atoms with Crippen LogP contribution < -0.4 is 0 Å². The monoisotopic (exact) mass is 313 g/mol. The van der Waals surface area contributed by atoms with Gasteiger partial charge in [-0.1, -0.05) is 35.4 Å². The molecule has 104 valence electrons. The lowest BCUT2D eigenvalue weighted by atomic mass is 10.5. The van der Waals surface area contributed by atoms with E-state index >= 15 is 0 Å². The number of thioether (sulfide) groups is 1. The zero-order valence-corrected chi connectivity index (χ0v) is 12.7. The van der Waals surface area contributed by atoms with Crippen molar-refractivity contribution in [2.24, 2.45) is 5.16 Å². The van der Waals surface area contributed by atoms with Crippen molar-refractivity contribution in [3.8, 4) is 0 Å². The molecule has 0 aromatic heterocycles. The van der Waals surface area contributed by atoms with Gasteiger partial charge in [0.15, 0.2) is 0 Å². The topological polar surface area (TPSA) is 54.4 Å². The van der Waals surface area contributed by atoms with Gasteiger partial charge in [-0.3, -0.25) is 4.84 Å². The fourth-order valence-electron chi connectivity index (χ4n) is 1.11. The Balaban J connectivity index is 2.29. The molecule has 1 aliphatic rings. The molecular weight excluding hydrogens is 298 g/mol. The van der Waals surface area contributed by atoms with Crippen LogP contribution in [0.15, 0.2) is 5.16 Å². The van der Waals surface area contributed by atoms with E-state index in [1.54, 1.807) is 7.05 Å². The molecule has 1 rings (SSSR count). The highest BCUT2D eigenvalue weighted by molar-refractivity contribution is 8.16. The number of hydrogen-bond donors (Lipinski definition) is 0. The summed E-state index contributed by atoms with van der Waals surface area (Å²) in [6, 6.07) is 0. The lowest BCUT2D eigenvalue weighted by molar-refractivity contribution is 0.0754. The van der Waals surface area contributed by atoms with Crippen LogP contribution in [0, 0.1) is 0 Å². The summed E-state index contributed by atoms with van der Waals surface area (Å²) in [5.41, 5.74) is 0. The molecule has 0 aromatic carbocycles. The van der Waals surface area contributed by atoms with Gasteiger partial charge in [-0.2, -0.15) is 0 Å². The van der Waals surface area contributed by atoms with Gasteiger partial charge in [0.25, 0.3) is 0 Å². The third kappa shape index (κ3) is 6.14. The summed E-state index contributed by atoms with van der Waals surface area (Å²) in [6.07, 6.45) is -0.554. The number of nitrogens with zero attached hydrogens (tertiary/aromatic N) is 3. The molecule has 18 heavy (non-hydrogen) atoms. The predicted octanol–water partition coefficient (Wildman–Crippen LogP) is 2.21. The molecule has 1 saturated heterocycles. The lowest BCUT2D eigenvalue weighted by Crippen LogP contribution is -2.35. The van der Waals surface area contributed by atoms with E-state index in [9.17, 15) is 4.79 Å². The van der Waals surface area contributed by atoms with Crippen molar-refractivity contribution >= 4 is 46.1 Å². The Morgan fingerprint density at radius 1 is 1.56 bits per heavy atom. The lowest BCUT2D eigenvalue weighted by Gasteiger charge is -2.27. The fourth-order valence-corrected chi connectivity index (χ4v) is 2.56. The van der Waals surface area contributed by atoms with E-state index < -0.39 is 6.09 Å². The van der Waals surface area contributed by atoms with E-state index in [1.165, 1.54) is 28.2 Å². The van der Waals surface area contributed by atoms with Gasteiger partial charge in [-0.15, -0.1) is 0 Å². The minimum atomic E-state index is -0.554. The van der Waals surface area contributed by atoms with Crippen LogP contribution in [0.25, 0.3) is 0 Å². The quantitative estimate of drug-likeness (QED) is 0.261. The van der Waals surface area contributed by atoms with Gasteiger partial charge < -0.3 is 4.74 Å². The maximum atomic E-state index is 11.6. The number of morpholine rings is 1. The normalized spacial score (nSPS) is 17.6. The second kappa shape index (κ2) is 8.87. The van der Waals surface area contributed by atoms with Crippen molar-refractivity contribution in [3.63, 3.8) is 0 Å². The van der Waals surface area contributed by atoms with Crippen LogP contribution in [0.5, 0.6) is 0 Å². The number of ether oxygens (including phenoxy) is 1. The van der Waals surface area contributed by atoms with Gasteiger partial charge in [0, 0.05) is 32.3 Å². The zero-order valence-electron chi connectivity index (χ0n) is 10.3. The Bertz CT molecular complexity index is 301. The SMILES string of the molecule is CCSC(Cl)=NOC(=O)N(C)SN1CCOCC1. The fraction of sp³-hybridized carbons (Fsp3) is 0.778. The van der Waals surface area contributed by atoms with Crippen molar-refractivity contribution in [1.29, 1.82) is 0 Å². The molecule has 0 radical (unpaired) electrons. The molecule has 6 nitrogen and oxygen atoms in total. The van der Waals surface area contributed by atoms with Crippen LogP contribution in [0.4, 0.5) is 4.79 Å². The molecule has 1 aliphatic heterocycles. The molecule has 0 aromatic rings. The molecule has 0 unspecified atom stereocenters. The Morgan fingerprint density at radius 2 is 2.22 bits per heavy atom. The van der Waals surface area contributed by atoms with Gasteiger partial charge in [-0.05, 0) is 5.75 Å². The van der Waals surface area contributed by atoms with Gasteiger partial charge >= 0.3 is 6.09 Å². The third-order valence-corrected chi connectivity index (χ3v) is 3.91. The van der Waals surface area contributed by atoms with E-state index in [-0.39, 0.29) is 4.50 Å². The van der Waals surface area contributed by atoms with Gasteiger partial charge in [0.1, 0.15) is 0 Å². The van der Waals surface area contributed by atoms with E-state index in [4.69, 9.17) is 21.2 Å². The maximum absolute atomic E-state index is 11.6. The number of oxime groups is 1. The minimum Gasteiger partial charge on any atom is -0.379 e. The van der Waals surface area contributed by atoms with Crippen LogP contribution in [0.3, 0.4) is 0 Å². The van der Waals surface area contributed by atoms with Crippen LogP contribution in [-0.2, 0) is 9.57 Å². The van der Waals surface area contributed by atoms with Gasteiger partial charge in [-0.25, -0.2) is 13.4 Å². The Morgan fingerprint density at radius 3 is 2.83 bits per heavy atom. The number of carbonyl (C=O) groups is 1. The standard InChI is InChI=1S/C9H16ClN3O3S2/c1-3-17-8(10)11-16-9(14)12(2)18-13-4-6-15-7-5-13/h3-7H2,1-2H3. The summed E-state index contributed by atoms with van der Waals surface area (Å²) in [5, 5.41) is 3.53. The minimum absolute atomic E-state index is 0.218. The van der Waals surface area contributed by atoms with Crippen LogP contribution in [0.2, 0.25) is 0 Å². The smallest absolute Gasteiger partial charge is 0.379 e. The molecule has 0 saturated carbocycles. The van der Waals surface area contributed by atoms with E-state index in [0.717, 1.165) is 18.8 Å². The van der Waals surface area contributed by atoms with Crippen LogP contribution in [-0.4, -0.2) is 58.3 Å². The molecule has 1 fully saturated rings. The van der Waals surface area contributed by atoms with Crippen molar-refractivity contribution in [2.45, 2.75) is 6.92 Å². The highest BCUT2D eigenvalue weighted by Crippen LogP contribution is 2.17. The van der Waals surface area contributed by atoms with Crippen LogP contribution >= 0.6 is 35.5 Å². The summed E-state index contributed by atoms with van der Waals surface area (Å²) < 4.78 is 8.83.